The van der Waals surface area contributed by atoms with Gasteiger partial charge >= 0.3 is 0 Å². The molecule has 7 nitrogen and oxygen atoms in total. The summed E-state index contributed by atoms with van der Waals surface area (Å²) in [6.45, 7) is 2.55. The molecule has 0 unspecified atom stereocenters. The molecule has 1 aromatic carbocycles. The van der Waals surface area contributed by atoms with Gasteiger partial charge in [0.25, 0.3) is 5.56 Å². The maximum absolute atomic E-state index is 13.1. The van der Waals surface area contributed by atoms with Gasteiger partial charge in [-0.3, -0.25) is 9.36 Å². The van der Waals surface area contributed by atoms with E-state index in [9.17, 15) is 9.18 Å². The Balaban J connectivity index is 1.96. The van der Waals surface area contributed by atoms with Crippen LogP contribution in [-0.2, 0) is 6.54 Å². The normalized spacial score (nSPS) is 11.4. The molecule has 0 N–H and O–H groups in total. The van der Waals surface area contributed by atoms with Gasteiger partial charge in [-0.1, -0.05) is 19.1 Å². The molecule has 0 radical (unpaired) electrons. The van der Waals surface area contributed by atoms with Crippen LogP contribution in [0.3, 0.4) is 0 Å². The van der Waals surface area contributed by atoms with Crippen molar-refractivity contribution in [2.24, 2.45) is 0 Å². The first-order valence-electron chi connectivity index (χ1n) is 7.54. The average molecular weight is 324 g/mol. The third-order valence-corrected chi connectivity index (χ3v) is 3.80. The maximum atomic E-state index is 13.1. The first kappa shape index (κ1) is 14.4. The molecule has 0 saturated heterocycles. The summed E-state index contributed by atoms with van der Waals surface area (Å²) in [5.41, 5.74) is 2.21. The van der Waals surface area contributed by atoms with Crippen molar-refractivity contribution in [2.75, 3.05) is 0 Å². The Hall–Kier alpha value is -3.16. The van der Waals surface area contributed by atoms with Crippen molar-refractivity contribution in [3.05, 3.63) is 53.0 Å². The zero-order chi connectivity index (χ0) is 16.7. The highest BCUT2D eigenvalue weighted by atomic mass is 19.1. The third kappa shape index (κ3) is 2.15. The van der Waals surface area contributed by atoms with Crippen molar-refractivity contribution < 1.29 is 4.39 Å². The molecule has 24 heavy (non-hydrogen) atoms. The first-order chi connectivity index (χ1) is 11.7. The van der Waals surface area contributed by atoms with E-state index in [0.717, 1.165) is 12.0 Å². The molecule has 0 aliphatic carbocycles. The van der Waals surface area contributed by atoms with Gasteiger partial charge in [0.1, 0.15) is 12.1 Å². The molecule has 4 aromatic rings. The van der Waals surface area contributed by atoms with Crippen LogP contribution >= 0.6 is 0 Å². The van der Waals surface area contributed by atoms with E-state index in [1.807, 2.05) is 6.92 Å². The van der Waals surface area contributed by atoms with Crippen molar-refractivity contribution in [3.8, 4) is 11.1 Å². The first-order valence-corrected chi connectivity index (χ1v) is 7.54. The number of hydrogen-bond donors (Lipinski definition) is 0. The summed E-state index contributed by atoms with van der Waals surface area (Å²) in [7, 11) is 0. The molecule has 0 atom stereocenters. The van der Waals surface area contributed by atoms with Gasteiger partial charge < -0.3 is 0 Å². The SMILES string of the molecule is CCCn1cnc2c(nnc3c(-c4ccc(F)cc4)cnn32)c1=O. The molecule has 0 amide bonds. The van der Waals surface area contributed by atoms with Crippen LogP contribution in [0.4, 0.5) is 4.39 Å². The number of rotatable bonds is 3. The van der Waals surface area contributed by atoms with Gasteiger partial charge in [0, 0.05) is 12.1 Å². The predicted molar refractivity (Wildman–Crippen MR) is 86.0 cm³/mol. The Kier molecular flexibility index (Phi) is 3.30. The van der Waals surface area contributed by atoms with Crippen molar-refractivity contribution in [2.45, 2.75) is 19.9 Å². The lowest BCUT2D eigenvalue weighted by atomic mass is 10.1. The monoisotopic (exact) mass is 324 g/mol. The van der Waals surface area contributed by atoms with Crippen LogP contribution in [0.15, 0.2) is 41.6 Å². The van der Waals surface area contributed by atoms with E-state index in [4.69, 9.17) is 0 Å². The smallest absolute Gasteiger partial charge is 0.283 e. The van der Waals surface area contributed by atoms with E-state index >= 15 is 0 Å². The van der Waals surface area contributed by atoms with Crippen molar-refractivity contribution >= 4 is 16.8 Å². The Morgan fingerprint density at radius 3 is 2.67 bits per heavy atom. The van der Waals surface area contributed by atoms with E-state index in [1.54, 1.807) is 18.3 Å². The van der Waals surface area contributed by atoms with Crippen LogP contribution in [0.2, 0.25) is 0 Å². The fourth-order valence-electron chi connectivity index (χ4n) is 2.64. The lowest BCUT2D eigenvalue weighted by Gasteiger charge is -2.05. The van der Waals surface area contributed by atoms with Crippen molar-refractivity contribution in [3.63, 3.8) is 0 Å². The summed E-state index contributed by atoms with van der Waals surface area (Å²) in [5, 5.41) is 12.5. The maximum Gasteiger partial charge on any atom is 0.283 e. The quantitative estimate of drug-likeness (QED) is 0.576. The van der Waals surface area contributed by atoms with Crippen LogP contribution in [0.5, 0.6) is 0 Å². The number of hydrogen-bond acceptors (Lipinski definition) is 5. The third-order valence-electron chi connectivity index (χ3n) is 3.80. The molecule has 3 heterocycles. The predicted octanol–water partition coefficient (Wildman–Crippen LogP) is 2.05. The van der Waals surface area contributed by atoms with E-state index in [2.05, 4.69) is 20.3 Å². The summed E-state index contributed by atoms with van der Waals surface area (Å²) in [6, 6.07) is 6.03. The Labute approximate surface area is 135 Å². The summed E-state index contributed by atoms with van der Waals surface area (Å²) >= 11 is 0. The standard InChI is InChI=1S/C16H13FN6O/c1-2-7-22-9-18-15-13(16(22)24)20-21-14-12(8-19-23(14)15)10-3-5-11(17)6-4-10/h3-6,8-9H,2,7H2,1H3. The average Bonchev–Trinajstić information content (AvgIpc) is 3.02. The second kappa shape index (κ2) is 5.48. The van der Waals surface area contributed by atoms with Gasteiger partial charge in [0.2, 0.25) is 0 Å². The lowest BCUT2D eigenvalue weighted by Crippen LogP contribution is -2.22. The van der Waals surface area contributed by atoms with Gasteiger partial charge in [-0.05, 0) is 24.1 Å². The number of halogens is 1. The van der Waals surface area contributed by atoms with Crippen LogP contribution in [0, 0.1) is 5.82 Å². The van der Waals surface area contributed by atoms with Crippen LogP contribution < -0.4 is 5.56 Å². The molecule has 0 saturated carbocycles. The van der Waals surface area contributed by atoms with E-state index in [-0.39, 0.29) is 16.9 Å². The fourth-order valence-corrected chi connectivity index (χ4v) is 2.64. The second-order valence-corrected chi connectivity index (χ2v) is 5.42. The Morgan fingerprint density at radius 2 is 1.92 bits per heavy atom. The Morgan fingerprint density at radius 1 is 1.12 bits per heavy atom. The summed E-state index contributed by atoms with van der Waals surface area (Å²) < 4.78 is 16.1. The fraction of sp³-hybridized carbons (Fsp3) is 0.188. The van der Waals surface area contributed by atoms with Gasteiger partial charge in [0.05, 0.1) is 6.20 Å². The number of nitrogens with zero attached hydrogens (tertiary/aromatic N) is 6. The molecule has 0 fully saturated rings. The lowest BCUT2D eigenvalue weighted by molar-refractivity contribution is 0.628. The molecule has 4 rings (SSSR count). The largest absolute Gasteiger partial charge is 0.297 e. The van der Waals surface area contributed by atoms with Crippen LogP contribution in [0.25, 0.3) is 27.9 Å². The van der Waals surface area contributed by atoms with Gasteiger partial charge in [-0.25, -0.2) is 9.37 Å². The number of benzene rings is 1. The van der Waals surface area contributed by atoms with Crippen molar-refractivity contribution in [1.29, 1.82) is 0 Å². The minimum absolute atomic E-state index is 0.173. The van der Waals surface area contributed by atoms with Crippen LogP contribution in [0.1, 0.15) is 13.3 Å². The molecule has 0 spiro atoms. The minimum Gasteiger partial charge on any atom is -0.297 e. The highest BCUT2D eigenvalue weighted by Crippen LogP contribution is 2.24. The van der Waals surface area contributed by atoms with Gasteiger partial charge in [-0.15, -0.1) is 10.2 Å². The molecule has 0 aliphatic rings. The topological polar surface area (TPSA) is 78.0 Å². The van der Waals surface area contributed by atoms with Crippen LogP contribution in [-0.4, -0.2) is 29.4 Å². The number of aryl methyl sites for hydroxylation is 1. The zero-order valence-corrected chi connectivity index (χ0v) is 12.8. The molecule has 0 bridgehead atoms. The highest BCUT2D eigenvalue weighted by Gasteiger charge is 2.15. The number of aromatic nitrogens is 6. The molecule has 3 aromatic heterocycles. The van der Waals surface area contributed by atoms with E-state index in [1.165, 1.54) is 27.5 Å². The summed E-state index contributed by atoms with van der Waals surface area (Å²) in [6.07, 6.45) is 3.92. The molecule has 0 aliphatic heterocycles. The highest BCUT2D eigenvalue weighted by molar-refractivity contribution is 5.80. The minimum atomic E-state index is -0.315. The van der Waals surface area contributed by atoms with E-state index in [0.29, 0.717) is 23.4 Å². The summed E-state index contributed by atoms with van der Waals surface area (Å²) in [4.78, 5) is 16.7. The number of fused-ring (bicyclic) bond motifs is 3. The molecule has 120 valence electrons. The summed E-state index contributed by atoms with van der Waals surface area (Å²) in [5.74, 6) is -0.315. The Bertz CT molecular complexity index is 1100. The van der Waals surface area contributed by atoms with E-state index < -0.39 is 0 Å². The molecule has 8 heteroatoms. The molecular weight excluding hydrogens is 311 g/mol. The molecular formula is C16H13FN6O. The van der Waals surface area contributed by atoms with Gasteiger partial charge in [0.15, 0.2) is 16.8 Å². The second-order valence-electron chi connectivity index (χ2n) is 5.42. The van der Waals surface area contributed by atoms with Crippen molar-refractivity contribution in [1.82, 2.24) is 29.4 Å². The van der Waals surface area contributed by atoms with Gasteiger partial charge in [-0.2, -0.15) is 9.61 Å². The zero-order valence-electron chi connectivity index (χ0n) is 12.8.